The maximum absolute atomic E-state index is 12.2. The summed E-state index contributed by atoms with van der Waals surface area (Å²) < 4.78 is 4.90. The number of benzene rings is 2. The van der Waals surface area contributed by atoms with Gasteiger partial charge in [0.2, 0.25) is 0 Å². The average molecular weight is 448 g/mol. The van der Waals surface area contributed by atoms with Gasteiger partial charge in [0.05, 0.1) is 6.61 Å². The number of rotatable bonds is 9. The van der Waals surface area contributed by atoms with Crippen LogP contribution in [0.5, 0.6) is 0 Å². The van der Waals surface area contributed by atoms with Gasteiger partial charge in [-0.05, 0) is 41.2 Å². The van der Waals surface area contributed by atoms with Crippen LogP contribution in [0.4, 0.5) is 0 Å². The molecule has 0 radical (unpaired) electrons. The Morgan fingerprint density at radius 1 is 1.06 bits per heavy atom. The van der Waals surface area contributed by atoms with Gasteiger partial charge in [-0.15, -0.1) is 0 Å². The lowest BCUT2D eigenvalue weighted by Gasteiger charge is -2.20. The first-order valence-corrected chi connectivity index (χ1v) is 10.3. The molecule has 166 valence electrons. The number of carbonyl (C=O) groups is 3. The Bertz CT molecular complexity index is 913. The van der Waals surface area contributed by atoms with E-state index >= 15 is 0 Å². The molecule has 2 aromatic rings. The van der Waals surface area contributed by atoms with Gasteiger partial charge >= 0.3 is 17.8 Å². The molecule has 7 nitrogen and oxygen atoms in total. The molecule has 8 heteroatoms. The Morgan fingerprint density at radius 3 is 2.32 bits per heavy atom. The second-order valence-electron chi connectivity index (χ2n) is 7.66. The summed E-state index contributed by atoms with van der Waals surface area (Å²) in [6, 6.07) is 14.0. The fourth-order valence-electron chi connectivity index (χ4n) is 2.90. The predicted octanol–water partition coefficient (Wildman–Crippen LogP) is 3.07. The Morgan fingerprint density at radius 2 is 1.74 bits per heavy atom. The van der Waals surface area contributed by atoms with E-state index in [1.54, 1.807) is 6.07 Å². The molecule has 31 heavy (non-hydrogen) atoms. The summed E-state index contributed by atoms with van der Waals surface area (Å²) in [6.45, 7) is 3.77. The number of amides is 1. The molecule has 0 bridgehead atoms. The highest BCUT2D eigenvalue weighted by Gasteiger charge is 2.25. The number of hydrogen-bond donors (Lipinski definition) is 3. The summed E-state index contributed by atoms with van der Waals surface area (Å²) in [6.07, 6.45) is -1.71. The Hall–Kier alpha value is -2.90. The number of aliphatic carboxylic acids is 1. The number of aliphatic hydroxyl groups is 1. The zero-order chi connectivity index (χ0) is 23.0. The predicted molar refractivity (Wildman–Crippen MR) is 117 cm³/mol. The third-order valence-corrected chi connectivity index (χ3v) is 4.69. The van der Waals surface area contributed by atoms with Crippen molar-refractivity contribution in [1.82, 2.24) is 5.32 Å². The number of carbonyl (C=O) groups excluding carboxylic acids is 2. The molecule has 2 atom stereocenters. The topological polar surface area (TPSA) is 113 Å². The quantitative estimate of drug-likeness (QED) is 0.402. The first kappa shape index (κ1) is 24.4. The van der Waals surface area contributed by atoms with E-state index < -0.39 is 30.0 Å². The number of carboxylic acid groups (broad SMARTS) is 1. The molecule has 0 saturated carbocycles. The molecule has 0 spiro atoms. The molecular formula is C23H26ClNO6. The minimum Gasteiger partial charge on any atom is -0.479 e. The largest absolute Gasteiger partial charge is 0.479 e. The third-order valence-electron chi connectivity index (χ3n) is 4.46. The maximum Gasteiger partial charge on any atom is 0.396 e. The zero-order valence-electron chi connectivity index (χ0n) is 17.4. The Balaban J connectivity index is 2.10. The Labute approximate surface area is 186 Å². The molecule has 0 aliphatic heterocycles. The highest BCUT2D eigenvalue weighted by atomic mass is 35.5. The van der Waals surface area contributed by atoms with Crippen LogP contribution in [0.3, 0.4) is 0 Å². The number of aliphatic hydroxyl groups excluding tert-OH is 1. The minimum atomic E-state index is -1.68. The molecule has 0 aliphatic rings. The standard InChI is InChI=1S/C23H26ClNO6/c1-14(2)13-31-23(30)21(27)25-19(12-20(26)22(28)29)10-15-6-8-16(9-7-15)17-4-3-5-18(24)11-17/h3-9,11,14,19-20,26H,10,12-13H2,1-2H3,(H,25,27)(H,28,29)/t19-,20?/m1/s1. The molecular weight excluding hydrogens is 422 g/mol. The summed E-state index contributed by atoms with van der Waals surface area (Å²) in [7, 11) is 0. The van der Waals surface area contributed by atoms with Gasteiger partial charge in [-0.1, -0.05) is 61.8 Å². The number of halogens is 1. The minimum absolute atomic E-state index is 0.0689. The molecule has 0 fully saturated rings. The van der Waals surface area contributed by atoms with Crippen LogP contribution in [0.2, 0.25) is 5.02 Å². The second-order valence-corrected chi connectivity index (χ2v) is 8.10. The van der Waals surface area contributed by atoms with Crippen LogP contribution >= 0.6 is 11.6 Å². The van der Waals surface area contributed by atoms with E-state index in [0.717, 1.165) is 16.7 Å². The number of ether oxygens (including phenoxy) is 1. The first-order valence-electron chi connectivity index (χ1n) is 9.89. The first-order chi connectivity index (χ1) is 14.7. The SMILES string of the molecule is CC(C)COC(=O)C(=O)N[C@H](Cc1ccc(-c2cccc(Cl)c2)cc1)CC(O)C(=O)O. The van der Waals surface area contributed by atoms with Crippen LogP contribution in [-0.4, -0.2) is 46.8 Å². The van der Waals surface area contributed by atoms with E-state index in [2.05, 4.69) is 5.32 Å². The number of carboxylic acids is 1. The van der Waals surface area contributed by atoms with Gasteiger partial charge in [-0.25, -0.2) is 9.59 Å². The van der Waals surface area contributed by atoms with Crippen LogP contribution < -0.4 is 5.32 Å². The molecule has 0 saturated heterocycles. The molecule has 1 amide bonds. The van der Waals surface area contributed by atoms with Gasteiger partial charge in [-0.3, -0.25) is 4.79 Å². The van der Waals surface area contributed by atoms with Crippen molar-refractivity contribution in [2.45, 2.75) is 38.8 Å². The molecule has 2 aromatic carbocycles. The van der Waals surface area contributed by atoms with E-state index in [1.165, 1.54) is 0 Å². The van der Waals surface area contributed by atoms with Gasteiger partial charge in [0.15, 0.2) is 6.10 Å². The molecule has 0 aromatic heterocycles. The fraction of sp³-hybridized carbons (Fsp3) is 0.348. The van der Waals surface area contributed by atoms with E-state index in [1.807, 2.05) is 56.3 Å². The van der Waals surface area contributed by atoms with Crippen LogP contribution in [0.1, 0.15) is 25.8 Å². The van der Waals surface area contributed by atoms with Gasteiger partial charge in [0, 0.05) is 17.5 Å². The van der Waals surface area contributed by atoms with Gasteiger partial charge in [0.25, 0.3) is 0 Å². The van der Waals surface area contributed by atoms with Crippen molar-refractivity contribution >= 4 is 29.4 Å². The smallest absolute Gasteiger partial charge is 0.396 e. The van der Waals surface area contributed by atoms with Crippen LogP contribution in [0.15, 0.2) is 48.5 Å². The van der Waals surface area contributed by atoms with Crippen molar-refractivity contribution in [3.05, 3.63) is 59.1 Å². The summed E-state index contributed by atoms with van der Waals surface area (Å²) in [5, 5.41) is 21.8. The lowest BCUT2D eigenvalue weighted by molar-refractivity contribution is -0.156. The summed E-state index contributed by atoms with van der Waals surface area (Å²) >= 11 is 6.03. The maximum atomic E-state index is 12.2. The van der Waals surface area contributed by atoms with Gasteiger partial charge in [0.1, 0.15) is 0 Å². The van der Waals surface area contributed by atoms with E-state index in [9.17, 15) is 19.5 Å². The molecule has 2 rings (SSSR count). The van der Waals surface area contributed by atoms with Gasteiger partial charge in [-0.2, -0.15) is 0 Å². The molecule has 3 N–H and O–H groups in total. The Kier molecular flexibility index (Phi) is 9.03. The number of nitrogens with one attached hydrogen (secondary N) is 1. The van der Waals surface area contributed by atoms with Crippen molar-refractivity contribution in [2.24, 2.45) is 5.92 Å². The van der Waals surface area contributed by atoms with Crippen molar-refractivity contribution in [1.29, 1.82) is 0 Å². The van der Waals surface area contributed by atoms with Crippen LogP contribution in [0, 0.1) is 5.92 Å². The lowest BCUT2D eigenvalue weighted by Crippen LogP contribution is -2.44. The monoisotopic (exact) mass is 447 g/mol. The van der Waals surface area contributed by atoms with E-state index in [-0.39, 0.29) is 25.4 Å². The third kappa shape index (κ3) is 8.03. The van der Waals surface area contributed by atoms with Crippen molar-refractivity contribution in [3.63, 3.8) is 0 Å². The van der Waals surface area contributed by atoms with Crippen molar-refractivity contribution < 1.29 is 29.3 Å². The summed E-state index contributed by atoms with van der Waals surface area (Å²) in [4.78, 5) is 35.1. The van der Waals surface area contributed by atoms with Crippen LogP contribution in [0.25, 0.3) is 11.1 Å². The normalized spacial score (nSPS) is 12.8. The van der Waals surface area contributed by atoms with Crippen molar-refractivity contribution in [2.75, 3.05) is 6.61 Å². The lowest BCUT2D eigenvalue weighted by atomic mass is 9.98. The van der Waals surface area contributed by atoms with E-state index in [4.69, 9.17) is 21.4 Å². The van der Waals surface area contributed by atoms with Crippen molar-refractivity contribution in [3.8, 4) is 11.1 Å². The van der Waals surface area contributed by atoms with E-state index in [0.29, 0.717) is 5.02 Å². The number of esters is 1. The second kappa shape index (κ2) is 11.5. The summed E-state index contributed by atoms with van der Waals surface area (Å²) in [5.41, 5.74) is 2.68. The number of hydrogen-bond acceptors (Lipinski definition) is 5. The van der Waals surface area contributed by atoms with Crippen LogP contribution in [-0.2, 0) is 25.5 Å². The molecule has 0 aliphatic carbocycles. The highest BCUT2D eigenvalue weighted by molar-refractivity contribution is 6.32. The highest BCUT2D eigenvalue weighted by Crippen LogP contribution is 2.23. The molecule has 1 unspecified atom stereocenters. The fourth-order valence-corrected chi connectivity index (χ4v) is 3.09. The average Bonchev–Trinajstić information content (AvgIpc) is 2.72. The summed E-state index contributed by atoms with van der Waals surface area (Å²) in [5.74, 6) is -3.35. The van der Waals surface area contributed by atoms with Gasteiger partial charge < -0.3 is 20.3 Å². The molecule has 0 heterocycles. The zero-order valence-corrected chi connectivity index (χ0v) is 18.1.